The van der Waals surface area contributed by atoms with Crippen LogP contribution in [-0.4, -0.2) is 10.9 Å². The van der Waals surface area contributed by atoms with Crippen molar-refractivity contribution in [3.63, 3.8) is 0 Å². The lowest BCUT2D eigenvalue weighted by Gasteiger charge is -2.10. The molecule has 0 bridgehead atoms. The molecule has 2 aromatic carbocycles. The Kier molecular flexibility index (Phi) is 5.64. The molecule has 0 fully saturated rings. The van der Waals surface area contributed by atoms with Crippen LogP contribution >= 0.6 is 23.2 Å². The van der Waals surface area contributed by atoms with E-state index in [9.17, 15) is 4.79 Å². The Labute approximate surface area is 162 Å². The molecular weight excluding hydrogens is 371 g/mol. The fourth-order valence-electron chi connectivity index (χ4n) is 2.67. The van der Waals surface area contributed by atoms with Gasteiger partial charge in [0, 0.05) is 29.1 Å². The molecule has 26 heavy (non-hydrogen) atoms. The number of hydrogen-bond acceptors (Lipinski definition) is 3. The lowest BCUT2D eigenvalue weighted by Crippen LogP contribution is -2.14. The topological polar surface area (TPSA) is 55.1 Å². The van der Waals surface area contributed by atoms with Gasteiger partial charge in [0.05, 0.1) is 11.2 Å². The largest absolute Gasteiger partial charge is 0.441 e. The molecule has 0 aliphatic heterocycles. The SMILES string of the molecule is Cc1cccc(C)c1NC(=O)CCc1ncc(-c2ccc(Cl)cc2Cl)o1. The Morgan fingerprint density at radius 2 is 1.88 bits per heavy atom. The van der Waals surface area contributed by atoms with Crippen molar-refractivity contribution >= 4 is 34.8 Å². The van der Waals surface area contributed by atoms with Crippen LogP contribution in [0.4, 0.5) is 5.69 Å². The van der Waals surface area contributed by atoms with E-state index in [1.165, 1.54) is 0 Å². The summed E-state index contributed by atoms with van der Waals surface area (Å²) in [6.45, 7) is 3.94. The van der Waals surface area contributed by atoms with Crippen LogP contribution in [0.2, 0.25) is 10.0 Å². The van der Waals surface area contributed by atoms with Gasteiger partial charge in [0.2, 0.25) is 5.91 Å². The first-order chi connectivity index (χ1) is 12.4. The van der Waals surface area contributed by atoms with Crippen molar-refractivity contribution in [3.05, 3.63) is 69.7 Å². The lowest BCUT2D eigenvalue weighted by molar-refractivity contribution is -0.116. The first-order valence-corrected chi connectivity index (χ1v) is 8.96. The summed E-state index contributed by atoms with van der Waals surface area (Å²) >= 11 is 12.1. The molecule has 1 amide bonds. The highest BCUT2D eigenvalue weighted by Crippen LogP contribution is 2.31. The highest BCUT2D eigenvalue weighted by atomic mass is 35.5. The maximum atomic E-state index is 12.2. The van der Waals surface area contributed by atoms with Gasteiger partial charge < -0.3 is 9.73 Å². The number of carbonyl (C=O) groups is 1. The Balaban J connectivity index is 1.64. The summed E-state index contributed by atoms with van der Waals surface area (Å²) in [6.07, 6.45) is 2.29. The van der Waals surface area contributed by atoms with Crippen molar-refractivity contribution in [1.82, 2.24) is 4.98 Å². The molecule has 1 heterocycles. The first-order valence-electron chi connectivity index (χ1n) is 8.20. The molecule has 0 aliphatic rings. The van der Waals surface area contributed by atoms with Gasteiger partial charge in [-0.1, -0.05) is 41.4 Å². The summed E-state index contributed by atoms with van der Waals surface area (Å²) in [5.74, 6) is 0.964. The van der Waals surface area contributed by atoms with Crippen LogP contribution in [0.5, 0.6) is 0 Å². The maximum Gasteiger partial charge on any atom is 0.224 e. The molecule has 4 nitrogen and oxygen atoms in total. The maximum absolute atomic E-state index is 12.2. The zero-order valence-corrected chi connectivity index (χ0v) is 16.0. The van der Waals surface area contributed by atoms with Crippen molar-refractivity contribution in [2.24, 2.45) is 0 Å². The first kappa shape index (κ1) is 18.5. The van der Waals surface area contributed by atoms with Gasteiger partial charge in [-0.05, 0) is 43.2 Å². The van der Waals surface area contributed by atoms with Crippen LogP contribution in [0.3, 0.4) is 0 Å². The molecule has 0 atom stereocenters. The normalized spacial score (nSPS) is 10.8. The quantitative estimate of drug-likeness (QED) is 0.597. The van der Waals surface area contributed by atoms with Gasteiger partial charge in [-0.25, -0.2) is 4.98 Å². The summed E-state index contributed by atoms with van der Waals surface area (Å²) in [7, 11) is 0. The third-order valence-corrected chi connectivity index (χ3v) is 4.61. The van der Waals surface area contributed by atoms with Gasteiger partial charge in [-0.3, -0.25) is 4.79 Å². The Morgan fingerprint density at radius 1 is 1.15 bits per heavy atom. The number of nitrogens with one attached hydrogen (secondary N) is 1. The number of para-hydroxylation sites is 1. The smallest absolute Gasteiger partial charge is 0.224 e. The van der Waals surface area contributed by atoms with Gasteiger partial charge in [0.15, 0.2) is 11.7 Å². The van der Waals surface area contributed by atoms with Crippen LogP contribution in [0, 0.1) is 13.8 Å². The number of anilines is 1. The third kappa shape index (κ3) is 4.26. The minimum absolute atomic E-state index is 0.0772. The minimum atomic E-state index is -0.0772. The lowest BCUT2D eigenvalue weighted by atomic mass is 10.1. The standard InChI is InChI=1S/C20H18Cl2N2O2/c1-12-4-3-5-13(2)20(12)24-18(25)8-9-19-23-11-17(26-19)15-7-6-14(21)10-16(15)22/h3-7,10-11H,8-9H2,1-2H3,(H,24,25). The van der Waals surface area contributed by atoms with Gasteiger partial charge in [0.1, 0.15) is 0 Å². The predicted octanol–water partition coefficient (Wildman–Crippen LogP) is 5.84. The number of nitrogens with zero attached hydrogens (tertiary/aromatic N) is 1. The zero-order chi connectivity index (χ0) is 18.7. The highest BCUT2D eigenvalue weighted by Gasteiger charge is 2.13. The summed E-state index contributed by atoms with van der Waals surface area (Å²) in [5, 5.41) is 4.01. The molecule has 3 rings (SSSR count). The van der Waals surface area contributed by atoms with Crippen LogP contribution < -0.4 is 5.32 Å². The van der Waals surface area contributed by atoms with Crippen molar-refractivity contribution < 1.29 is 9.21 Å². The van der Waals surface area contributed by atoms with Crippen molar-refractivity contribution in [2.45, 2.75) is 26.7 Å². The summed E-state index contributed by atoms with van der Waals surface area (Å²) < 4.78 is 5.72. The second-order valence-electron chi connectivity index (χ2n) is 6.06. The van der Waals surface area contributed by atoms with Crippen LogP contribution in [0.1, 0.15) is 23.4 Å². The number of aromatic nitrogens is 1. The number of aryl methyl sites for hydroxylation is 3. The molecule has 0 spiro atoms. The monoisotopic (exact) mass is 388 g/mol. The fraction of sp³-hybridized carbons (Fsp3) is 0.200. The van der Waals surface area contributed by atoms with E-state index in [1.807, 2.05) is 32.0 Å². The molecule has 3 aromatic rings. The molecule has 134 valence electrons. The second-order valence-corrected chi connectivity index (χ2v) is 6.90. The number of benzene rings is 2. The fourth-order valence-corrected chi connectivity index (χ4v) is 3.18. The molecule has 1 aromatic heterocycles. The molecule has 6 heteroatoms. The van der Waals surface area contributed by atoms with Crippen molar-refractivity contribution in [3.8, 4) is 11.3 Å². The number of oxazole rings is 1. The molecule has 1 N–H and O–H groups in total. The average Bonchev–Trinajstić information content (AvgIpc) is 3.05. The van der Waals surface area contributed by atoms with E-state index in [2.05, 4.69) is 10.3 Å². The van der Waals surface area contributed by atoms with E-state index in [4.69, 9.17) is 27.6 Å². The number of halogens is 2. The number of hydrogen-bond donors (Lipinski definition) is 1. The van der Waals surface area contributed by atoms with Crippen LogP contribution in [0.25, 0.3) is 11.3 Å². The number of amides is 1. The summed E-state index contributed by atoms with van der Waals surface area (Å²) in [4.78, 5) is 16.5. The Morgan fingerprint density at radius 3 is 2.58 bits per heavy atom. The van der Waals surface area contributed by atoms with Gasteiger partial charge in [-0.2, -0.15) is 0 Å². The molecule has 0 radical (unpaired) electrons. The van der Waals surface area contributed by atoms with E-state index >= 15 is 0 Å². The number of carbonyl (C=O) groups excluding carboxylic acids is 1. The van der Waals surface area contributed by atoms with Gasteiger partial charge >= 0.3 is 0 Å². The minimum Gasteiger partial charge on any atom is -0.441 e. The average molecular weight is 389 g/mol. The zero-order valence-electron chi connectivity index (χ0n) is 14.5. The van der Waals surface area contributed by atoms with E-state index in [-0.39, 0.29) is 12.3 Å². The van der Waals surface area contributed by atoms with Crippen LogP contribution in [0.15, 0.2) is 47.0 Å². The Hall–Kier alpha value is -2.30. The second kappa shape index (κ2) is 7.94. The van der Waals surface area contributed by atoms with E-state index in [0.717, 1.165) is 22.4 Å². The number of rotatable bonds is 5. The van der Waals surface area contributed by atoms with Crippen molar-refractivity contribution in [2.75, 3.05) is 5.32 Å². The Bertz CT molecular complexity index is 930. The molecule has 0 aliphatic carbocycles. The summed E-state index contributed by atoms with van der Waals surface area (Å²) in [6, 6.07) is 11.1. The van der Waals surface area contributed by atoms with E-state index in [0.29, 0.717) is 28.1 Å². The molecule has 0 saturated carbocycles. The van der Waals surface area contributed by atoms with Gasteiger partial charge in [0.25, 0.3) is 0 Å². The third-order valence-electron chi connectivity index (χ3n) is 4.06. The van der Waals surface area contributed by atoms with Gasteiger partial charge in [-0.15, -0.1) is 0 Å². The van der Waals surface area contributed by atoms with Crippen LogP contribution in [-0.2, 0) is 11.2 Å². The van der Waals surface area contributed by atoms with E-state index in [1.54, 1.807) is 24.4 Å². The molecule has 0 unspecified atom stereocenters. The van der Waals surface area contributed by atoms with E-state index < -0.39 is 0 Å². The van der Waals surface area contributed by atoms with Crippen molar-refractivity contribution in [1.29, 1.82) is 0 Å². The summed E-state index contributed by atoms with van der Waals surface area (Å²) in [5.41, 5.74) is 3.65. The molecule has 0 saturated heterocycles. The molecular formula is C20H18Cl2N2O2. The predicted molar refractivity (Wildman–Crippen MR) is 105 cm³/mol. The highest BCUT2D eigenvalue weighted by molar-refractivity contribution is 6.36.